The van der Waals surface area contributed by atoms with Gasteiger partial charge >= 0.3 is 5.97 Å². The van der Waals surface area contributed by atoms with E-state index in [1.54, 1.807) is 6.20 Å². The fourth-order valence-corrected chi connectivity index (χ4v) is 1.97. The Kier molecular flexibility index (Phi) is 7.51. The summed E-state index contributed by atoms with van der Waals surface area (Å²) in [5.41, 5.74) is 6.60. The van der Waals surface area contributed by atoms with Crippen LogP contribution in [-0.4, -0.2) is 64.7 Å². The highest BCUT2D eigenvalue weighted by Gasteiger charge is 2.18. The third-order valence-corrected chi connectivity index (χ3v) is 3.07. The Labute approximate surface area is 145 Å². The summed E-state index contributed by atoms with van der Waals surface area (Å²) in [6.07, 6.45) is 1.80. The summed E-state index contributed by atoms with van der Waals surface area (Å²) < 4.78 is 11.4. The van der Waals surface area contributed by atoms with Crippen molar-refractivity contribution in [1.82, 2.24) is 19.9 Å². The Morgan fingerprint density at radius 3 is 3.09 bits per heavy atom. The number of hydrogen-bond donors (Lipinski definition) is 1. The molecule has 0 radical (unpaired) electrons. The molecule has 9 nitrogen and oxygen atoms in total. The number of nitrogens with two attached hydrogens (primary N) is 1. The van der Waals surface area contributed by atoms with Crippen molar-refractivity contribution in [3.8, 4) is 0 Å². The molecular weight excluding hydrogens is 403 g/mol. The van der Waals surface area contributed by atoms with E-state index in [1.807, 2.05) is 11.8 Å². The van der Waals surface area contributed by atoms with E-state index in [0.29, 0.717) is 24.8 Å². The van der Waals surface area contributed by atoms with Crippen molar-refractivity contribution in [2.75, 3.05) is 26.8 Å². The van der Waals surface area contributed by atoms with E-state index in [4.69, 9.17) is 10.5 Å². The minimum Gasteiger partial charge on any atom is -0.468 e. The van der Waals surface area contributed by atoms with Gasteiger partial charge in [-0.15, -0.1) is 29.1 Å². The Morgan fingerprint density at radius 1 is 1.64 bits per heavy atom. The molecule has 1 saturated heterocycles. The number of aliphatic imine (C=N–C) groups is 1. The summed E-state index contributed by atoms with van der Waals surface area (Å²) in [7, 11) is 1.33. The molecule has 10 heteroatoms. The van der Waals surface area contributed by atoms with Crippen LogP contribution in [0.1, 0.15) is 12.6 Å². The zero-order valence-corrected chi connectivity index (χ0v) is 15.0. The average molecular weight is 424 g/mol. The van der Waals surface area contributed by atoms with Gasteiger partial charge in [-0.1, -0.05) is 5.21 Å². The highest BCUT2D eigenvalue weighted by molar-refractivity contribution is 14.0. The van der Waals surface area contributed by atoms with Crippen molar-refractivity contribution >= 4 is 35.9 Å². The number of rotatable bonds is 4. The molecule has 124 valence electrons. The molecule has 0 bridgehead atoms. The van der Waals surface area contributed by atoms with E-state index in [1.165, 1.54) is 11.8 Å². The first-order chi connectivity index (χ1) is 10.1. The number of halogens is 1. The van der Waals surface area contributed by atoms with Crippen LogP contribution in [-0.2, 0) is 27.4 Å². The van der Waals surface area contributed by atoms with Crippen molar-refractivity contribution in [2.45, 2.75) is 26.1 Å². The first-order valence-electron chi connectivity index (χ1n) is 6.70. The van der Waals surface area contributed by atoms with Gasteiger partial charge in [0.05, 0.1) is 32.6 Å². The summed E-state index contributed by atoms with van der Waals surface area (Å²) in [4.78, 5) is 17.4. The summed E-state index contributed by atoms with van der Waals surface area (Å²) in [5.74, 6) is 0.0874. The van der Waals surface area contributed by atoms with E-state index < -0.39 is 0 Å². The standard InChI is InChI=1S/C12H20N6O3.HI/c1-9-6-17(3-4-21-9)12(13)14-5-10-7-18(16-15-10)8-11(19)20-2;/h7,9H,3-6,8H2,1-2H3,(H2,13,14);1H. The van der Waals surface area contributed by atoms with Gasteiger partial charge in [0.15, 0.2) is 5.96 Å². The number of aromatic nitrogens is 3. The Bertz CT molecular complexity index is 521. The second-order valence-electron chi connectivity index (χ2n) is 4.79. The number of nitrogens with zero attached hydrogens (tertiary/aromatic N) is 5. The number of carbonyl (C=O) groups excluding carboxylic acids is 1. The molecule has 1 aromatic heterocycles. The molecule has 0 aliphatic carbocycles. The van der Waals surface area contributed by atoms with Crippen LogP contribution in [0.15, 0.2) is 11.2 Å². The van der Waals surface area contributed by atoms with Gasteiger partial charge in [0.25, 0.3) is 0 Å². The first-order valence-corrected chi connectivity index (χ1v) is 6.70. The summed E-state index contributed by atoms with van der Waals surface area (Å²) in [6, 6.07) is 0. The monoisotopic (exact) mass is 424 g/mol. The van der Waals surface area contributed by atoms with Gasteiger partial charge in [0.2, 0.25) is 0 Å². The number of morpholine rings is 1. The highest BCUT2D eigenvalue weighted by atomic mass is 127. The number of carbonyl (C=O) groups is 1. The van der Waals surface area contributed by atoms with E-state index >= 15 is 0 Å². The minimum absolute atomic E-state index is 0. The van der Waals surface area contributed by atoms with Crippen LogP contribution in [0.5, 0.6) is 0 Å². The lowest BCUT2D eigenvalue weighted by Gasteiger charge is -2.31. The predicted molar refractivity (Wildman–Crippen MR) is 89.8 cm³/mol. The van der Waals surface area contributed by atoms with Crippen molar-refractivity contribution in [1.29, 1.82) is 0 Å². The number of methoxy groups -OCH3 is 1. The van der Waals surface area contributed by atoms with Crippen LogP contribution >= 0.6 is 24.0 Å². The molecule has 2 N–H and O–H groups in total. The molecule has 0 amide bonds. The van der Waals surface area contributed by atoms with Crippen LogP contribution in [0.3, 0.4) is 0 Å². The molecule has 1 atom stereocenters. The zero-order chi connectivity index (χ0) is 15.2. The summed E-state index contributed by atoms with van der Waals surface area (Å²) in [5, 5.41) is 7.76. The maximum Gasteiger partial charge on any atom is 0.327 e. The maximum atomic E-state index is 11.1. The van der Waals surface area contributed by atoms with Crippen LogP contribution in [0.25, 0.3) is 0 Å². The first kappa shape index (κ1) is 18.6. The highest BCUT2D eigenvalue weighted by Crippen LogP contribution is 2.04. The van der Waals surface area contributed by atoms with Gasteiger partial charge in [-0.05, 0) is 6.92 Å². The number of hydrogen-bond acceptors (Lipinski definition) is 6. The molecule has 0 aromatic carbocycles. The SMILES string of the molecule is COC(=O)Cn1cc(CN=C(N)N2CCOC(C)C2)nn1.I. The molecule has 0 saturated carbocycles. The van der Waals surface area contributed by atoms with Gasteiger partial charge in [-0.2, -0.15) is 0 Å². The van der Waals surface area contributed by atoms with Crippen LogP contribution in [0.2, 0.25) is 0 Å². The average Bonchev–Trinajstić information content (AvgIpc) is 2.92. The van der Waals surface area contributed by atoms with Gasteiger partial charge in [-0.3, -0.25) is 4.79 Å². The molecule has 1 aliphatic heterocycles. The van der Waals surface area contributed by atoms with Crippen LogP contribution < -0.4 is 5.73 Å². The zero-order valence-electron chi connectivity index (χ0n) is 12.6. The molecule has 1 aromatic rings. The minimum atomic E-state index is -0.378. The lowest BCUT2D eigenvalue weighted by molar-refractivity contribution is -0.141. The quantitative estimate of drug-likeness (QED) is 0.304. The van der Waals surface area contributed by atoms with Gasteiger partial charge < -0.3 is 20.1 Å². The fourth-order valence-electron chi connectivity index (χ4n) is 1.97. The molecule has 1 aliphatic rings. The van der Waals surface area contributed by atoms with Gasteiger partial charge in [-0.25, -0.2) is 9.67 Å². The van der Waals surface area contributed by atoms with Gasteiger partial charge in [0.1, 0.15) is 12.2 Å². The van der Waals surface area contributed by atoms with Crippen molar-refractivity contribution in [2.24, 2.45) is 10.7 Å². The van der Waals surface area contributed by atoms with E-state index in [2.05, 4.69) is 20.0 Å². The van der Waals surface area contributed by atoms with Crippen molar-refractivity contribution in [3.05, 3.63) is 11.9 Å². The number of esters is 1. The summed E-state index contributed by atoms with van der Waals surface area (Å²) >= 11 is 0. The number of ether oxygens (including phenoxy) is 2. The number of guanidine groups is 1. The van der Waals surface area contributed by atoms with Crippen molar-refractivity contribution < 1.29 is 14.3 Å². The second-order valence-corrected chi connectivity index (χ2v) is 4.79. The Hall–Kier alpha value is -1.43. The Morgan fingerprint density at radius 2 is 2.41 bits per heavy atom. The van der Waals surface area contributed by atoms with Gasteiger partial charge in [0, 0.05) is 13.1 Å². The molecule has 1 fully saturated rings. The third-order valence-electron chi connectivity index (χ3n) is 3.07. The molecule has 2 rings (SSSR count). The molecular formula is C12H21IN6O3. The lowest BCUT2D eigenvalue weighted by Crippen LogP contribution is -2.47. The maximum absolute atomic E-state index is 11.1. The fraction of sp³-hybridized carbons (Fsp3) is 0.667. The van der Waals surface area contributed by atoms with E-state index in [-0.39, 0.29) is 42.6 Å². The molecule has 22 heavy (non-hydrogen) atoms. The third kappa shape index (κ3) is 5.40. The van der Waals surface area contributed by atoms with Crippen molar-refractivity contribution in [3.63, 3.8) is 0 Å². The Balaban J connectivity index is 0.00000242. The van der Waals surface area contributed by atoms with Crippen LogP contribution in [0, 0.1) is 0 Å². The largest absolute Gasteiger partial charge is 0.468 e. The molecule has 2 heterocycles. The van der Waals surface area contributed by atoms with Crippen LogP contribution in [0.4, 0.5) is 0 Å². The molecule has 0 spiro atoms. The van der Waals surface area contributed by atoms with E-state index in [0.717, 1.165) is 13.1 Å². The predicted octanol–water partition coefficient (Wildman–Crippen LogP) is -0.395. The topological polar surface area (TPSA) is 108 Å². The lowest BCUT2D eigenvalue weighted by atomic mass is 10.3. The van der Waals surface area contributed by atoms with E-state index in [9.17, 15) is 4.79 Å². The smallest absolute Gasteiger partial charge is 0.327 e. The second kappa shape index (κ2) is 8.88. The normalized spacial score (nSPS) is 18.7. The summed E-state index contributed by atoms with van der Waals surface area (Å²) in [6.45, 7) is 4.45. The molecule has 1 unspecified atom stereocenters.